The van der Waals surface area contributed by atoms with Crippen molar-refractivity contribution in [2.24, 2.45) is 44.4 Å². The van der Waals surface area contributed by atoms with Crippen LogP contribution < -0.4 is 50.4 Å². The minimum atomic E-state index is -1.27. The summed E-state index contributed by atoms with van der Waals surface area (Å²) in [5.74, 6) is -3.72. The van der Waals surface area contributed by atoms with Crippen LogP contribution in [0.2, 0.25) is 0 Å². The molecule has 0 aromatic heterocycles. The average molecular weight is 643 g/mol. The molecule has 0 spiro atoms. The van der Waals surface area contributed by atoms with Crippen LogP contribution in [0.3, 0.4) is 0 Å². The number of nitrogens with one attached hydrogen (secondary N) is 3. The molecule has 1 rings (SSSR count). The van der Waals surface area contributed by atoms with Gasteiger partial charge in [0.1, 0.15) is 18.1 Å². The Balaban J connectivity index is 2.54. The highest BCUT2D eigenvalue weighted by Crippen LogP contribution is 2.20. The summed E-state index contributed by atoms with van der Waals surface area (Å²) in [4.78, 5) is 71.2. The number of carboxylic acids is 1. The molecular weight excluding hydrogens is 592 g/mol. The SMILES string of the molecule is C[C@H](NC(=O)[C@@H]1C[C@@H](O)CN1C(=O)[C@@H](N)CCCCNC(=O)[C@@H](N)CCCN=C(N)N)C(=O)N[C@@H](CCCN=C(N)N)C(=O)O. The van der Waals surface area contributed by atoms with Crippen LogP contribution in [-0.2, 0) is 24.0 Å². The van der Waals surface area contributed by atoms with E-state index in [-0.39, 0.29) is 50.2 Å². The van der Waals surface area contributed by atoms with Crippen molar-refractivity contribution in [3.63, 3.8) is 0 Å². The summed E-state index contributed by atoms with van der Waals surface area (Å²) >= 11 is 0. The number of hydrogen-bond acceptors (Lipinski definition) is 10. The van der Waals surface area contributed by atoms with Crippen molar-refractivity contribution in [3.8, 4) is 0 Å². The number of aliphatic imine (C=N–C) groups is 2. The van der Waals surface area contributed by atoms with Crippen LogP contribution in [0.1, 0.15) is 58.3 Å². The number of rotatable bonds is 20. The van der Waals surface area contributed by atoms with Gasteiger partial charge < -0.3 is 65.5 Å². The van der Waals surface area contributed by atoms with Gasteiger partial charge in [-0.2, -0.15) is 0 Å². The third-order valence-corrected chi connectivity index (χ3v) is 7.04. The number of carbonyl (C=O) groups is 5. The number of β-amino-alcohol motifs (C(OH)–C–C–N with tert-alkyl or cyclic N) is 1. The third-order valence-electron chi connectivity index (χ3n) is 7.04. The zero-order valence-corrected chi connectivity index (χ0v) is 25.7. The minimum Gasteiger partial charge on any atom is -0.480 e. The molecule has 256 valence electrons. The highest BCUT2D eigenvalue weighted by molar-refractivity contribution is 5.94. The standard InChI is InChI=1S/C26H50N12O7/c1-14(20(40)37-18(24(44)45)8-5-11-35-26(31)32)36-22(42)19-12-15(39)13-38(19)23(43)17(28)6-2-3-9-33-21(41)16(27)7-4-10-34-25(29)30/h14-19,39H,2-13,27-28H2,1H3,(H,33,41)(H,36,42)(H,37,40)(H,44,45)(H4,29,30,34)(H4,31,32,35)/t14-,15+,16-,17-,18-,19-/m0/s1. The Kier molecular flexibility index (Phi) is 17.2. The van der Waals surface area contributed by atoms with Gasteiger partial charge in [-0.1, -0.05) is 0 Å². The molecule has 19 heteroatoms. The van der Waals surface area contributed by atoms with Crippen LogP contribution in [0.25, 0.3) is 0 Å². The maximum Gasteiger partial charge on any atom is 0.326 e. The second kappa shape index (κ2) is 19.9. The second-order valence-electron chi connectivity index (χ2n) is 10.9. The van der Waals surface area contributed by atoms with E-state index in [0.29, 0.717) is 45.2 Å². The van der Waals surface area contributed by atoms with E-state index < -0.39 is 60.0 Å². The molecule has 19 nitrogen and oxygen atoms in total. The highest BCUT2D eigenvalue weighted by Gasteiger charge is 2.41. The quantitative estimate of drug-likeness (QED) is 0.0337. The predicted octanol–water partition coefficient (Wildman–Crippen LogP) is -4.93. The molecule has 4 amide bonds. The number of guanidine groups is 2. The van der Waals surface area contributed by atoms with Crippen LogP contribution in [-0.4, -0.2) is 119 Å². The number of nitrogens with two attached hydrogens (primary N) is 6. The van der Waals surface area contributed by atoms with E-state index in [4.69, 9.17) is 34.4 Å². The molecule has 0 aliphatic carbocycles. The number of likely N-dealkylation sites (tertiary alicyclic amines) is 1. The third kappa shape index (κ3) is 14.9. The number of aliphatic hydroxyl groups is 1. The van der Waals surface area contributed by atoms with Gasteiger partial charge in [-0.25, -0.2) is 4.79 Å². The average Bonchev–Trinajstić information content (AvgIpc) is 3.36. The first-order chi connectivity index (χ1) is 21.1. The van der Waals surface area contributed by atoms with Crippen molar-refractivity contribution < 1.29 is 34.2 Å². The Hall–Kier alpha value is -4.23. The Labute approximate surface area is 261 Å². The molecule has 0 aromatic carbocycles. The van der Waals surface area contributed by atoms with Crippen LogP contribution in [0.5, 0.6) is 0 Å². The van der Waals surface area contributed by atoms with Gasteiger partial charge in [-0.3, -0.25) is 29.2 Å². The molecule has 17 N–H and O–H groups in total. The normalized spacial score (nSPS) is 18.5. The zero-order valence-electron chi connectivity index (χ0n) is 25.7. The fourth-order valence-electron chi connectivity index (χ4n) is 4.56. The summed E-state index contributed by atoms with van der Waals surface area (Å²) in [6.45, 7) is 2.14. The number of amides is 4. The molecule has 0 saturated carbocycles. The first kappa shape index (κ1) is 38.8. The predicted molar refractivity (Wildman–Crippen MR) is 166 cm³/mol. The monoisotopic (exact) mass is 642 g/mol. The molecule has 0 unspecified atom stereocenters. The Morgan fingerprint density at radius 2 is 1.42 bits per heavy atom. The number of hydrogen-bond donors (Lipinski definition) is 11. The van der Waals surface area contributed by atoms with Crippen LogP contribution in [0.15, 0.2) is 9.98 Å². The van der Waals surface area contributed by atoms with E-state index in [2.05, 4.69) is 25.9 Å². The number of nitrogens with zero attached hydrogens (tertiary/aromatic N) is 3. The summed E-state index contributed by atoms with van der Waals surface area (Å²) in [7, 11) is 0. The second-order valence-corrected chi connectivity index (χ2v) is 10.9. The molecule has 6 atom stereocenters. The largest absolute Gasteiger partial charge is 0.480 e. The molecule has 0 aromatic rings. The molecule has 1 fully saturated rings. The van der Waals surface area contributed by atoms with Crippen molar-refractivity contribution in [3.05, 3.63) is 0 Å². The number of carbonyl (C=O) groups excluding carboxylic acids is 4. The zero-order chi connectivity index (χ0) is 34.1. The Morgan fingerprint density at radius 1 is 0.844 bits per heavy atom. The minimum absolute atomic E-state index is 0.0271. The van der Waals surface area contributed by atoms with Crippen molar-refractivity contribution in [1.82, 2.24) is 20.9 Å². The van der Waals surface area contributed by atoms with E-state index >= 15 is 0 Å². The molecule has 0 bridgehead atoms. The lowest BCUT2D eigenvalue weighted by Crippen LogP contribution is -2.55. The van der Waals surface area contributed by atoms with E-state index in [1.165, 1.54) is 11.8 Å². The Bertz CT molecular complexity index is 1060. The lowest BCUT2D eigenvalue weighted by Gasteiger charge is -2.27. The molecule has 45 heavy (non-hydrogen) atoms. The molecule has 1 aliphatic heterocycles. The van der Waals surface area contributed by atoms with E-state index in [1.807, 2.05) is 0 Å². The van der Waals surface area contributed by atoms with E-state index in [0.717, 1.165) is 0 Å². The fourth-order valence-corrected chi connectivity index (χ4v) is 4.56. The van der Waals surface area contributed by atoms with Gasteiger partial charge >= 0.3 is 5.97 Å². The molecule has 1 heterocycles. The summed E-state index contributed by atoms with van der Waals surface area (Å²) in [5, 5.41) is 27.2. The number of carboxylic acid groups (broad SMARTS) is 1. The van der Waals surface area contributed by atoms with Crippen molar-refractivity contribution in [2.45, 2.75) is 94.6 Å². The maximum atomic E-state index is 13.1. The Morgan fingerprint density at radius 3 is 2.00 bits per heavy atom. The van der Waals surface area contributed by atoms with Gasteiger partial charge in [0.2, 0.25) is 23.6 Å². The summed E-state index contributed by atoms with van der Waals surface area (Å²) in [6, 6.07) is -5.11. The van der Waals surface area contributed by atoms with Crippen LogP contribution >= 0.6 is 0 Å². The number of aliphatic carboxylic acids is 1. The van der Waals surface area contributed by atoms with Gasteiger partial charge in [0.05, 0.1) is 18.2 Å². The van der Waals surface area contributed by atoms with E-state index in [1.54, 1.807) is 0 Å². The van der Waals surface area contributed by atoms with Gasteiger partial charge in [0.25, 0.3) is 0 Å². The maximum absolute atomic E-state index is 13.1. The fraction of sp³-hybridized carbons (Fsp3) is 0.731. The smallest absolute Gasteiger partial charge is 0.326 e. The van der Waals surface area contributed by atoms with Crippen molar-refractivity contribution in [1.29, 1.82) is 0 Å². The lowest BCUT2D eigenvalue weighted by molar-refractivity contribution is -0.143. The summed E-state index contributed by atoms with van der Waals surface area (Å²) < 4.78 is 0. The van der Waals surface area contributed by atoms with Gasteiger partial charge in [-0.15, -0.1) is 0 Å². The van der Waals surface area contributed by atoms with Crippen molar-refractivity contribution >= 4 is 41.5 Å². The first-order valence-electron chi connectivity index (χ1n) is 14.9. The van der Waals surface area contributed by atoms with Gasteiger partial charge in [-0.05, 0) is 51.9 Å². The topological polar surface area (TPSA) is 346 Å². The van der Waals surface area contributed by atoms with Gasteiger partial charge in [0, 0.05) is 32.6 Å². The van der Waals surface area contributed by atoms with E-state index in [9.17, 15) is 34.2 Å². The summed E-state index contributed by atoms with van der Waals surface area (Å²) in [6.07, 6.45) is 1.56. The molecular formula is C26H50N12O7. The number of aliphatic hydroxyl groups excluding tert-OH is 1. The van der Waals surface area contributed by atoms with Crippen LogP contribution in [0, 0.1) is 0 Å². The summed E-state index contributed by atoms with van der Waals surface area (Å²) in [5.41, 5.74) is 33.0. The molecule has 1 aliphatic rings. The van der Waals surface area contributed by atoms with Crippen LogP contribution in [0.4, 0.5) is 0 Å². The molecule has 0 radical (unpaired) electrons. The van der Waals surface area contributed by atoms with Gasteiger partial charge in [0.15, 0.2) is 11.9 Å². The lowest BCUT2D eigenvalue weighted by atomic mass is 10.1. The molecule has 1 saturated heterocycles. The van der Waals surface area contributed by atoms with Crippen molar-refractivity contribution in [2.75, 3.05) is 26.2 Å². The number of unbranched alkanes of at least 4 members (excludes halogenated alkanes) is 1. The first-order valence-corrected chi connectivity index (χ1v) is 14.9. The highest BCUT2D eigenvalue weighted by atomic mass is 16.4.